The van der Waals surface area contributed by atoms with Gasteiger partial charge < -0.3 is 19.3 Å². The highest BCUT2D eigenvalue weighted by Crippen LogP contribution is 2.38. The molecule has 0 aromatic heterocycles. The van der Waals surface area contributed by atoms with Gasteiger partial charge in [-0.05, 0) is 23.6 Å². The quantitative estimate of drug-likeness (QED) is 0.894. The Balaban J connectivity index is 1.66. The first-order chi connectivity index (χ1) is 13.2. The van der Waals surface area contributed by atoms with Gasteiger partial charge in [-0.2, -0.15) is 0 Å². The van der Waals surface area contributed by atoms with Crippen molar-refractivity contribution < 1.29 is 24.1 Å². The number of carboxylic acid groups (broad SMARTS) is 1. The summed E-state index contributed by atoms with van der Waals surface area (Å²) in [6, 6.07) is 11.2. The molecule has 2 aromatic carbocycles. The molecule has 0 radical (unpaired) electrons. The van der Waals surface area contributed by atoms with Crippen molar-refractivity contribution >= 4 is 5.97 Å². The maximum Gasteiger partial charge on any atom is 0.321 e. The van der Waals surface area contributed by atoms with Crippen molar-refractivity contribution in [1.82, 2.24) is 4.90 Å². The van der Waals surface area contributed by atoms with E-state index >= 15 is 0 Å². The molecule has 0 spiro atoms. The molecule has 1 N–H and O–H groups in total. The predicted molar refractivity (Wildman–Crippen MR) is 99.4 cm³/mol. The van der Waals surface area contributed by atoms with Gasteiger partial charge in [0.05, 0.1) is 20.3 Å². The van der Waals surface area contributed by atoms with Gasteiger partial charge in [0.15, 0.2) is 11.5 Å². The van der Waals surface area contributed by atoms with Gasteiger partial charge in [-0.3, -0.25) is 9.69 Å². The third-order valence-electron chi connectivity index (χ3n) is 5.15. The Morgan fingerprint density at radius 1 is 1.19 bits per heavy atom. The number of fused-ring (bicyclic) bond motifs is 2. The van der Waals surface area contributed by atoms with E-state index in [1.165, 1.54) is 5.56 Å². The fourth-order valence-corrected chi connectivity index (χ4v) is 3.75. The number of hydrogen-bond acceptors (Lipinski definition) is 5. The van der Waals surface area contributed by atoms with Gasteiger partial charge in [0.25, 0.3) is 0 Å². The normalized spacial score (nSPS) is 19.1. The lowest BCUT2D eigenvalue weighted by Gasteiger charge is -2.34. The van der Waals surface area contributed by atoms with Crippen molar-refractivity contribution in [2.24, 2.45) is 0 Å². The van der Waals surface area contributed by atoms with E-state index in [0.29, 0.717) is 50.0 Å². The van der Waals surface area contributed by atoms with E-state index in [4.69, 9.17) is 14.2 Å². The SMILES string of the molecule is COc1cc2c(cc1CN1Cc3ccccc3C[C@@H]1C(=O)O)OCCCO2. The minimum Gasteiger partial charge on any atom is -0.496 e. The van der Waals surface area contributed by atoms with Crippen LogP contribution in [0.3, 0.4) is 0 Å². The zero-order valence-electron chi connectivity index (χ0n) is 15.3. The largest absolute Gasteiger partial charge is 0.496 e. The van der Waals surface area contributed by atoms with E-state index < -0.39 is 12.0 Å². The number of aliphatic carboxylic acids is 1. The number of carbonyl (C=O) groups is 1. The summed E-state index contributed by atoms with van der Waals surface area (Å²) in [7, 11) is 1.61. The van der Waals surface area contributed by atoms with Gasteiger partial charge >= 0.3 is 5.97 Å². The molecule has 2 aromatic rings. The standard InChI is InChI=1S/C21H23NO5/c1-25-18-11-20-19(26-7-4-8-27-20)10-16(18)13-22-12-15-6-3-2-5-14(15)9-17(22)21(23)24/h2-3,5-6,10-11,17H,4,7-9,12-13H2,1H3,(H,23,24)/t17-/m1/s1. The topological polar surface area (TPSA) is 68.2 Å². The number of hydrogen-bond donors (Lipinski definition) is 1. The third-order valence-corrected chi connectivity index (χ3v) is 5.15. The van der Waals surface area contributed by atoms with Gasteiger partial charge in [0.1, 0.15) is 11.8 Å². The number of ether oxygens (including phenoxy) is 3. The molecule has 0 bridgehead atoms. The zero-order chi connectivity index (χ0) is 18.8. The van der Waals surface area contributed by atoms with Crippen LogP contribution in [0.4, 0.5) is 0 Å². The summed E-state index contributed by atoms with van der Waals surface area (Å²) in [5.74, 6) is 1.24. The van der Waals surface area contributed by atoms with Gasteiger partial charge in [0.2, 0.25) is 0 Å². The Morgan fingerprint density at radius 2 is 1.89 bits per heavy atom. The fraction of sp³-hybridized carbons (Fsp3) is 0.381. The highest BCUT2D eigenvalue weighted by Gasteiger charge is 2.32. The summed E-state index contributed by atoms with van der Waals surface area (Å²) in [6.07, 6.45) is 1.33. The second kappa shape index (κ2) is 7.48. The van der Waals surface area contributed by atoms with Gasteiger partial charge in [0, 0.05) is 31.1 Å². The summed E-state index contributed by atoms with van der Waals surface area (Å²) in [5, 5.41) is 9.75. The minimum atomic E-state index is -0.808. The van der Waals surface area contributed by atoms with Gasteiger partial charge in [-0.15, -0.1) is 0 Å². The first kappa shape index (κ1) is 17.7. The first-order valence-corrected chi connectivity index (χ1v) is 9.16. The predicted octanol–water partition coefficient (Wildman–Crippen LogP) is 2.87. The average Bonchev–Trinajstić information content (AvgIpc) is 2.91. The Hall–Kier alpha value is -2.73. The summed E-state index contributed by atoms with van der Waals surface area (Å²) in [5.41, 5.74) is 3.17. The van der Waals surface area contributed by atoms with Gasteiger partial charge in [-0.25, -0.2) is 0 Å². The number of methoxy groups -OCH3 is 1. The molecule has 0 unspecified atom stereocenters. The third kappa shape index (κ3) is 3.57. The summed E-state index contributed by atoms with van der Waals surface area (Å²) in [4.78, 5) is 13.9. The Morgan fingerprint density at radius 3 is 2.59 bits per heavy atom. The Kier molecular flexibility index (Phi) is 4.90. The highest BCUT2D eigenvalue weighted by atomic mass is 16.5. The summed E-state index contributed by atoms with van der Waals surface area (Å²) >= 11 is 0. The van der Waals surface area contributed by atoms with Crippen LogP contribution in [-0.4, -0.2) is 42.3 Å². The Bertz CT molecular complexity index is 850. The van der Waals surface area contributed by atoms with Crippen LogP contribution in [0.1, 0.15) is 23.1 Å². The van der Waals surface area contributed by atoms with Crippen LogP contribution < -0.4 is 14.2 Å². The van der Waals surface area contributed by atoms with E-state index in [9.17, 15) is 9.90 Å². The molecule has 0 aliphatic carbocycles. The van der Waals surface area contributed by atoms with E-state index in [1.807, 2.05) is 35.2 Å². The van der Waals surface area contributed by atoms with Crippen LogP contribution >= 0.6 is 0 Å². The molecule has 2 aliphatic rings. The average molecular weight is 369 g/mol. The van der Waals surface area contributed by atoms with E-state index in [1.54, 1.807) is 7.11 Å². The number of rotatable bonds is 4. The molecule has 2 aliphatic heterocycles. The van der Waals surface area contributed by atoms with Gasteiger partial charge in [-0.1, -0.05) is 24.3 Å². The monoisotopic (exact) mass is 369 g/mol. The summed E-state index contributed by atoms with van der Waals surface area (Å²) < 4.78 is 17.1. The van der Waals surface area contributed by atoms with Crippen molar-refractivity contribution in [3.8, 4) is 17.2 Å². The molecular formula is C21H23NO5. The number of benzene rings is 2. The van der Waals surface area contributed by atoms with E-state index in [0.717, 1.165) is 17.5 Å². The molecule has 27 heavy (non-hydrogen) atoms. The van der Waals surface area contributed by atoms with Crippen molar-refractivity contribution in [2.75, 3.05) is 20.3 Å². The maximum absolute atomic E-state index is 11.9. The molecule has 0 amide bonds. The van der Waals surface area contributed by atoms with Crippen LogP contribution in [0.2, 0.25) is 0 Å². The molecule has 1 atom stereocenters. The molecule has 2 heterocycles. The smallest absolute Gasteiger partial charge is 0.321 e. The first-order valence-electron chi connectivity index (χ1n) is 9.16. The van der Waals surface area contributed by atoms with Crippen molar-refractivity contribution in [3.63, 3.8) is 0 Å². The number of nitrogens with zero attached hydrogens (tertiary/aromatic N) is 1. The Labute approximate surface area is 158 Å². The van der Waals surface area contributed by atoms with Crippen LogP contribution in [0.25, 0.3) is 0 Å². The molecule has 4 rings (SSSR count). The molecule has 6 heteroatoms. The zero-order valence-corrected chi connectivity index (χ0v) is 15.3. The van der Waals surface area contributed by atoms with E-state index in [2.05, 4.69) is 6.07 Å². The molecular weight excluding hydrogens is 346 g/mol. The van der Waals surface area contributed by atoms with Crippen molar-refractivity contribution in [2.45, 2.75) is 32.0 Å². The molecule has 0 fully saturated rings. The molecule has 142 valence electrons. The highest BCUT2D eigenvalue weighted by molar-refractivity contribution is 5.74. The lowest BCUT2D eigenvalue weighted by molar-refractivity contribution is -0.144. The van der Waals surface area contributed by atoms with Crippen LogP contribution in [0, 0.1) is 0 Å². The lowest BCUT2D eigenvalue weighted by atomic mass is 9.93. The second-order valence-corrected chi connectivity index (χ2v) is 6.89. The lowest BCUT2D eigenvalue weighted by Crippen LogP contribution is -2.45. The minimum absolute atomic E-state index is 0.463. The summed E-state index contributed by atoms with van der Waals surface area (Å²) in [6.45, 7) is 2.27. The second-order valence-electron chi connectivity index (χ2n) is 6.89. The molecule has 0 saturated carbocycles. The van der Waals surface area contributed by atoms with Crippen molar-refractivity contribution in [3.05, 3.63) is 53.1 Å². The van der Waals surface area contributed by atoms with Crippen molar-refractivity contribution in [1.29, 1.82) is 0 Å². The van der Waals surface area contributed by atoms with E-state index in [-0.39, 0.29) is 0 Å². The molecule has 0 saturated heterocycles. The fourth-order valence-electron chi connectivity index (χ4n) is 3.75. The van der Waals surface area contributed by atoms with Crippen LogP contribution in [-0.2, 0) is 24.3 Å². The van der Waals surface area contributed by atoms with Crippen LogP contribution in [0.5, 0.6) is 17.2 Å². The molecule has 6 nitrogen and oxygen atoms in total. The van der Waals surface area contributed by atoms with Crippen LogP contribution in [0.15, 0.2) is 36.4 Å². The maximum atomic E-state index is 11.9. The number of carboxylic acids is 1.